The normalized spacial score (nSPS) is 22.8. The second-order valence-electron chi connectivity index (χ2n) is 8.41. The van der Waals surface area contributed by atoms with E-state index >= 15 is 0 Å². The van der Waals surface area contributed by atoms with E-state index in [0.29, 0.717) is 17.3 Å². The number of anilines is 1. The molecule has 4 rings (SSSR count). The molecule has 0 atom stereocenters. The van der Waals surface area contributed by atoms with Crippen LogP contribution in [0.3, 0.4) is 0 Å². The maximum atomic E-state index is 9.18. The first-order valence-corrected chi connectivity index (χ1v) is 10.9. The van der Waals surface area contributed by atoms with Gasteiger partial charge in [0.1, 0.15) is 17.4 Å². The third-order valence-corrected chi connectivity index (χ3v) is 5.86. The number of rotatable bonds is 6. The molecule has 2 aromatic rings. The minimum absolute atomic E-state index is 0.133. The van der Waals surface area contributed by atoms with E-state index in [1.807, 2.05) is 0 Å². The van der Waals surface area contributed by atoms with Crippen LogP contribution in [0.25, 0.3) is 0 Å². The predicted octanol–water partition coefficient (Wildman–Crippen LogP) is 3.84. The zero-order valence-corrected chi connectivity index (χ0v) is 17.7. The fourth-order valence-electron chi connectivity index (χ4n) is 4.08. The number of ether oxygens (including phenoxy) is 2. The summed E-state index contributed by atoms with van der Waals surface area (Å²) in [6.07, 6.45) is 9.70. The Kier molecular flexibility index (Phi) is 6.48. The van der Waals surface area contributed by atoms with Crippen LogP contribution >= 0.6 is 0 Å². The number of nitriles is 1. The molecule has 0 radical (unpaired) electrons. The molecule has 2 fully saturated rings. The van der Waals surface area contributed by atoms with Crippen molar-refractivity contribution >= 4 is 6.01 Å². The Hall–Kier alpha value is -2.66. The zero-order valence-electron chi connectivity index (χ0n) is 17.7. The van der Waals surface area contributed by atoms with Gasteiger partial charge in [0, 0.05) is 31.4 Å². The second kappa shape index (κ2) is 9.43. The van der Waals surface area contributed by atoms with Crippen LogP contribution in [0.4, 0.5) is 6.01 Å². The molecule has 8 nitrogen and oxygen atoms in total. The quantitative estimate of drug-likeness (QED) is 0.707. The van der Waals surface area contributed by atoms with E-state index in [1.165, 1.54) is 0 Å². The second-order valence-corrected chi connectivity index (χ2v) is 8.41. The van der Waals surface area contributed by atoms with Crippen LogP contribution in [0.1, 0.15) is 69.7 Å². The van der Waals surface area contributed by atoms with Crippen molar-refractivity contribution in [2.75, 3.05) is 18.0 Å². The summed E-state index contributed by atoms with van der Waals surface area (Å²) in [4.78, 5) is 10.6. The van der Waals surface area contributed by atoms with Crippen molar-refractivity contribution in [3.05, 3.63) is 29.8 Å². The molecule has 0 aromatic carbocycles. The van der Waals surface area contributed by atoms with Crippen LogP contribution in [-0.2, 0) is 4.74 Å². The molecule has 0 unspecified atom stereocenters. The van der Waals surface area contributed by atoms with Gasteiger partial charge in [-0.25, -0.2) is 0 Å². The van der Waals surface area contributed by atoms with Crippen LogP contribution in [0.15, 0.2) is 23.0 Å². The molecule has 8 heteroatoms. The predicted molar refractivity (Wildman–Crippen MR) is 110 cm³/mol. The van der Waals surface area contributed by atoms with Crippen molar-refractivity contribution in [2.45, 2.75) is 76.6 Å². The Bertz CT molecular complexity index is 862. The number of piperidine rings is 1. The number of hydrogen-bond donors (Lipinski definition) is 0. The van der Waals surface area contributed by atoms with Crippen molar-refractivity contribution in [1.29, 1.82) is 5.26 Å². The zero-order chi connectivity index (χ0) is 20.9. The summed E-state index contributed by atoms with van der Waals surface area (Å²) >= 11 is 0. The van der Waals surface area contributed by atoms with E-state index in [9.17, 15) is 5.26 Å². The highest BCUT2D eigenvalue weighted by Gasteiger charge is 2.29. The first-order chi connectivity index (χ1) is 14.6. The van der Waals surface area contributed by atoms with E-state index in [0.717, 1.165) is 57.4 Å². The monoisotopic (exact) mass is 411 g/mol. The van der Waals surface area contributed by atoms with Gasteiger partial charge in [0.05, 0.1) is 18.3 Å². The van der Waals surface area contributed by atoms with Crippen LogP contribution < -0.4 is 9.64 Å². The van der Waals surface area contributed by atoms with Gasteiger partial charge in [-0.05, 0) is 44.6 Å². The Morgan fingerprint density at radius 2 is 1.80 bits per heavy atom. The number of nitrogens with zero attached hydrogens (tertiary/aromatic N) is 5. The average Bonchev–Trinajstić information content (AvgIpc) is 3.27. The minimum atomic E-state index is 0.133. The summed E-state index contributed by atoms with van der Waals surface area (Å²) in [6, 6.07) is 4.53. The molecule has 2 aliphatic rings. The molecule has 2 aromatic heterocycles. The van der Waals surface area contributed by atoms with Gasteiger partial charge in [0.2, 0.25) is 0 Å². The molecular formula is C22H29N5O3. The standard InChI is InChI=1S/C22H29N5O3/c1-15(2)21-25-22(30-26-21)27-11-8-19(9-12-27)28-17-3-5-18(6-4-17)29-20-7-10-24-14-16(20)13-23/h7,10,14-15,17-19H,3-6,8-9,11-12H2,1-2H3/t17-,18-. The van der Waals surface area contributed by atoms with Gasteiger partial charge in [-0.15, -0.1) is 0 Å². The van der Waals surface area contributed by atoms with Gasteiger partial charge in [0.25, 0.3) is 0 Å². The molecule has 1 aliphatic heterocycles. The lowest BCUT2D eigenvalue weighted by atomic mass is 9.94. The molecule has 30 heavy (non-hydrogen) atoms. The van der Waals surface area contributed by atoms with Gasteiger partial charge in [-0.2, -0.15) is 10.2 Å². The maximum absolute atomic E-state index is 9.18. The van der Waals surface area contributed by atoms with E-state index in [4.69, 9.17) is 14.0 Å². The van der Waals surface area contributed by atoms with E-state index in [2.05, 4.69) is 39.9 Å². The average molecular weight is 412 g/mol. The molecular weight excluding hydrogens is 382 g/mol. The van der Waals surface area contributed by atoms with Crippen LogP contribution in [0.5, 0.6) is 5.75 Å². The van der Waals surface area contributed by atoms with Crippen molar-refractivity contribution in [3.63, 3.8) is 0 Å². The lowest BCUT2D eigenvalue weighted by molar-refractivity contribution is -0.0530. The van der Waals surface area contributed by atoms with Crippen LogP contribution in [0.2, 0.25) is 0 Å². The molecule has 1 saturated carbocycles. The Morgan fingerprint density at radius 1 is 1.10 bits per heavy atom. The highest BCUT2D eigenvalue weighted by molar-refractivity contribution is 5.40. The van der Waals surface area contributed by atoms with Gasteiger partial charge in [0.15, 0.2) is 5.82 Å². The van der Waals surface area contributed by atoms with Crippen LogP contribution in [-0.4, -0.2) is 46.5 Å². The van der Waals surface area contributed by atoms with Gasteiger partial charge < -0.3 is 18.9 Å². The first kappa shape index (κ1) is 20.6. The first-order valence-electron chi connectivity index (χ1n) is 10.9. The highest BCUT2D eigenvalue weighted by Crippen LogP contribution is 2.29. The molecule has 0 amide bonds. The van der Waals surface area contributed by atoms with Crippen molar-refractivity contribution in [2.24, 2.45) is 0 Å². The lowest BCUT2D eigenvalue weighted by Gasteiger charge is -2.35. The summed E-state index contributed by atoms with van der Waals surface area (Å²) in [5.41, 5.74) is 0.490. The van der Waals surface area contributed by atoms with E-state index < -0.39 is 0 Å². The van der Waals surface area contributed by atoms with Gasteiger partial charge in [-0.1, -0.05) is 19.0 Å². The number of pyridine rings is 1. The van der Waals surface area contributed by atoms with E-state index in [-0.39, 0.29) is 24.2 Å². The Morgan fingerprint density at radius 3 is 2.47 bits per heavy atom. The lowest BCUT2D eigenvalue weighted by Crippen LogP contribution is -2.39. The maximum Gasteiger partial charge on any atom is 0.324 e. The molecule has 3 heterocycles. The SMILES string of the molecule is CC(C)c1noc(N2CCC(O[C@H]3CC[C@H](Oc4ccncc4C#N)CC3)CC2)n1. The number of aromatic nitrogens is 3. The summed E-state index contributed by atoms with van der Waals surface area (Å²) in [7, 11) is 0. The fourth-order valence-corrected chi connectivity index (χ4v) is 4.08. The topological polar surface area (TPSA) is 97.3 Å². The molecule has 160 valence electrons. The summed E-state index contributed by atoms with van der Waals surface area (Å²) in [5, 5.41) is 13.2. The van der Waals surface area contributed by atoms with E-state index in [1.54, 1.807) is 18.5 Å². The Labute approximate surface area is 177 Å². The minimum Gasteiger partial charge on any atom is -0.489 e. The largest absolute Gasteiger partial charge is 0.489 e. The Balaban J connectivity index is 1.20. The van der Waals surface area contributed by atoms with Gasteiger partial charge >= 0.3 is 6.01 Å². The molecule has 1 saturated heterocycles. The molecule has 1 aliphatic carbocycles. The smallest absolute Gasteiger partial charge is 0.324 e. The fraction of sp³-hybridized carbons (Fsp3) is 0.636. The summed E-state index contributed by atoms with van der Waals surface area (Å²) in [6.45, 7) is 5.88. The van der Waals surface area contributed by atoms with Crippen LogP contribution in [0, 0.1) is 11.3 Å². The van der Waals surface area contributed by atoms with Gasteiger partial charge in [-0.3, -0.25) is 4.98 Å². The third kappa shape index (κ3) is 4.90. The molecule has 0 N–H and O–H groups in total. The highest BCUT2D eigenvalue weighted by atomic mass is 16.5. The molecule has 0 bridgehead atoms. The molecule has 0 spiro atoms. The van der Waals surface area contributed by atoms with Crippen molar-refractivity contribution in [1.82, 2.24) is 15.1 Å². The summed E-state index contributed by atoms with van der Waals surface area (Å²) in [5.74, 6) is 1.66. The summed E-state index contributed by atoms with van der Waals surface area (Å²) < 4.78 is 17.9. The van der Waals surface area contributed by atoms with Crippen molar-refractivity contribution in [3.8, 4) is 11.8 Å². The number of hydrogen-bond acceptors (Lipinski definition) is 8. The third-order valence-electron chi connectivity index (χ3n) is 5.86. The van der Waals surface area contributed by atoms with Crippen molar-refractivity contribution < 1.29 is 14.0 Å².